The molecule has 0 spiro atoms. The lowest BCUT2D eigenvalue weighted by Crippen LogP contribution is -2.38. The molecule has 0 fully saturated rings. The van der Waals surface area contributed by atoms with Gasteiger partial charge in [0, 0.05) is 17.7 Å². The first-order valence-corrected chi connectivity index (χ1v) is 15.2. The van der Waals surface area contributed by atoms with Crippen LogP contribution in [-0.4, -0.2) is 49.0 Å². The molecule has 1 aromatic heterocycles. The highest BCUT2D eigenvalue weighted by molar-refractivity contribution is 8.01. The number of Topliss-reactive ketones (excluding diaryl/α,β-unsaturated/α-hetero) is 1. The van der Waals surface area contributed by atoms with Crippen LogP contribution in [0.3, 0.4) is 0 Å². The molecule has 3 aromatic rings. The van der Waals surface area contributed by atoms with Crippen LogP contribution < -0.4 is 30.2 Å². The number of carbonyl (C=O) groups is 2. The predicted octanol–water partition coefficient (Wildman–Crippen LogP) is 4.47. The van der Waals surface area contributed by atoms with Crippen molar-refractivity contribution in [1.82, 2.24) is 10.2 Å². The first kappa shape index (κ1) is 30.4. The topological polar surface area (TPSA) is 176 Å². The van der Waals surface area contributed by atoms with E-state index in [0.717, 1.165) is 0 Å². The number of nitrogens with two attached hydrogens (primary N) is 1. The maximum Gasteiger partial charge on any atom is 0.234 e. The van der Waals surface area contributed by atoms with Crippen LogP contribution in [0.4, 0.5) is 10.8 Å². The molecule has 0 radical (unpaired) electrons. The van der Waals surface area contributed by atoms with Crippen LogP contribution in [0.2, 0.25) is 0 Å². The third-order valence-corrected chi connectivity index (χ3v) is 9.21. The van der Waals surface area contributed by atoms with Gasteiger partial charge in [-0.1, -0.05) is 35.2 Å². The fourth-order valence-electron chi connectivity index (χ4n) is 5.26. The van der Waals surface area contributed by atoms with Gasteiger partial charge in [-0.25, -0.2) is 0 Å². The number of nitrogens with zero attached hydrogens (tertiary/aromatic N) is 5. The minimum absolute atomic E-state index is 0.0266. The van der Waals surface area contributed by atoms with E-state index in [4.69, 9.17) is 19.9 Å². The molecule has 0 saturated carbocycles. The van der Waals surface area contributed by atoms with Crippen LogP contribution in [0.1, 0.15) is 36.3 Å². The zero-order valence-electron chi connectivity index (χ0n) is 24.0. The summed E-state index contributed by atoms with van der Waals surface area (Å²) in [4.78, 5) is 27.7. The quantitative estimate of drug-likeness (QED) is 0.318. The number of ketones is 1. The molecule has 2 aliphatic rings. The Labute approximate surface area is 261 Å². The van der Waals surface area contributed by atoms with E-state index >= 15 is 0 Å². The zero-order valence-corrected chi connectivity index (χ0v) is 25.7. The Balaban J connectivity index is 1.47. The highest BCUT2D eigenvalue weighted by Gasteiger charge is 2.42. The van der Waals surface area contributed by atoms with Gasteiger partial charge in [0.05, 0.1) is 55.9 Å². The van der Waals surface area contributed by atoms with Crippen molar-refractivity contribution in [3.63, 3.8) is 0 Å². The molecular weight excluding hydrogens is 603 g/mol. The van der Waals surface area contributed by atoms with Crippen molar-refractivity contribution in [1.29, 1.82) is 10.5 Å². The first-order valence-electron chi connectivity index (χ1n) is 13.4. The van der Waals surface area contributed by atoms with Gasteiger partial charge >= 0.3 is 0 Å². The molecule has 1 atom stereocenters. The Morgan fingerprint density at radius 3 is 2.50 bits per heavy atom. The fraction of sp³-hybridized carbons (Fsp3) is 0.267. The van der Waals surface area contributed by atoms with Gasteiger partial charge in [0.25, 0.3) is 0 Å². The van der Waals surface area contributed by atoms with Crippen LogP contribution in [0, 0.1) is 22.7 Å². The number of methoxy groups -OCH3 is 3. The number of nitriles is 2. The Hall–Kier alpha value is -5.05. The average molecular weight is 630 g/mol. The lowest BCUT2D eigenvalue weighted by molar-refractivity contribution is -0.116. The number of benzene rings is 2. The van der Waals surface area contributed by atoms with Gasteiger partial charge in [0.1, 0.15) is 11.9 Å². The Morgan fingerprint density at radius 1 is 1.11 bits per heavy atom. The molecule has 44 heavy (non-hydrogen) atoms. The van der Waals surface area contributed by atoms with Gasteiger partial charge in [0.15, 0.2) is 21.6 Å². The number of aromatic nitrogens is 2. The van der Waals surface area contributed by atoms with Gasteiger partial charge in [0.2, 0.25) is 16.8 Å². The third kappa shape index (κ3) is 5.65. The standard InChI is InChI=1S/C30H27N7O5S2/c1-40-22-11-17(12-23(41-2)27(22)42-3)25-18(14-32)28(33)37(20-9-6-10-21(38)26(20)25)29-35-36-30(44-29)43-15-24(39)34-19-8-5-4-7-16(19)13-31/h4-5,7-8,11-12,25H,6,9-10,15,33H2,1-3H3,(H,34,39). The van der Waals surface area contributed by atoms with Crippen molar-refractivity contribution in [2.45, 2.75) is 29.5 Å². The highest BCUT2D eigenvalue weighted by Crippen LogP contribution is 2.50. The number of para-hydroxylation sites is 1. The van der Waals surface area contributed by atoms with Gasteiger partial charge in [-0.05, 0) is 42.7 Å². The molecule has 1 unspecified atom stereocenters. The van der Waals surface area contributed by atoms with Crippen molar-refractivity contribution >= 4 is 45.6 Å². The van der Waals surface area contributed by atoms with Gasteiger partial charge in [-0.15, -0.1) is 10.2 Å². The van der Waals surface area contributed by atoms with Crippen LogP contribution in [0.25, 0.3) is 0 Å². The molecule has 1 aliphatic heterocycles. The van der Waals surface area contributed by atoms with E-state index in [-0.39, 0.29) is 28.8 Å². The number of hydrogen-bond acceptors (Lipinski definition) is 13. The number of hydrogen-bond donors (Lipinski definition) is 2. The molecule has 2 heterocycles. The predicted molar refractivity (Wildman–Crippen MR) is 164 cm³/mol. The summed E-state index contributed by atoms with van der Waals surface area (Å²) in [7, 11) is 4.49. The number of anilines is 2. The maximum atomic E-state index is 13.5. The third-order valence-electron chi connectivity index (χ3n) is 7.17. The molecule has 14 heteroatoms. The molecular formula is C30H27N7O5S2. The van der Waals surface area contributed by atoms with Crippen LogP contribution in [-0.2, 0) is 9.59 Å². The summed E-state index contributed by atoms with van der Waals surface area (Å²) >= 11 is 2.36. The van der Waals surface area contributed by atoms with Gasteiger partial charge in [-0.3, -0.25) is 14.5 Å². The second-order valence-electron chi connectivity index (χ2n) is 9.62. The van der Waals surface area contributed by atoms with E-state index in [1.165, 1.54) is 44.4 Å². The lowest BCUT2D eigenvalue weighted by atomic mass is 9.75. The molecule has 12 nitrogen and oxygen atoms in total. The van der Waals surface area contributed by atoms with Gasteiger partial charge < -0.3 is 25.3 Å². The maximum absolute atomic E-state index is 13.5. The van der Waals surface area contributed by atoms with Crippen molar-refractivity contribution in [2.75, 3.05) is 37.3 Å². The van der Waals surface area contributed by atoms with Crippen LogP contribution in [0.5, 0.6) is 17.2 Å². The monoisotopic (exact) mass is 629 g/mol. The number of rotatable bonds is 9. The van der Waals surface area contributed by atoms with Gasteiger partial charge in [-0.2, -0.15) is 10.5 Å². The molecule has 1 aliphatic carbocycles. The molecule has 0 bridgehead atoms. The van der Waals surface area contributed by atoms with E-state index < -0.39 is 5.92 Å². The van der Waals surface area contributed by atoms with Crippen LogP contribution in [0.15, 0.2) is 63.4 Å². The first-order chi connectivity index (χ1) is 21.3. The molecule has 2 aromatic carbocycles. The minimum atomic E-state index is -0.755. The Morgan fingerprint density at radius 2 is 1.84 bits per heavy atom. The smallest absolute Gasteiger partial charge is 0.234 e. The molecule has 1 amide bonds. The Bertz CT molecular complexity index is 1760. The number of allylic oxidation sites excluding steroid dienone is 3. The second kappa shape index (κ2) is 13.1. The number of amides is 1. The summed E-state index contributed by atoms with van der Waals surface area (Å²) in [6, 6.07) is 14.5. The van der Waals surface area contributed by atoms with Crippen molar-refractivity contribution < 1.29 is 23.8 Å². The van der Waals surface area contributed by atoms with Crippen LogP contribution >= 0.6 is 23.1 Å². The van der Waals surface area contributed by atoms with E-state index in [1.807, 2.05) is 6.07 Å². The number of carbonyl (C=O) groups excluding carboxylic acids is 2. The van der Waals surface area contributed by atoms with Crippen molar-refractivity contribution in [3.05, 3.63) is 70.2 Å². The second-order valence-corrected chi connectivity index (χ2v) is 11.8. The van der Waals surface area contributed by atoms with E-state index in [0.29, 0.717) is 74.1 Å². The number of nitrogens with one attached hydrogen (secondary N) is 1. The summed E-state index contributed by atoms with van der Waals surface area (Å²) in [5, 5.41) is 31.3. The summed E-state index contributed by atoms with van der Waals surface area (Å²) in [6.45, 7) is 0. The zero-order chi connectivity index (χ0) is 31.4. The molecule has 0 saturated heterocycles. The summed E-state index contributed by atoms with van der Waals surface area (Å²) < 4.78 is 17.0. The largest absolute Gasteiger partial charge is 0.493 e. The Kier molecular flexibility index (Phi) is 9.04. The number of ether oxygens (including phenoxy) is 3. The van der Waals surface area contributed by atoms with E-state index in [1.54, 1.807) is 41.3 Å². The summed E-state index contributed by atoms with van der Waals surface area (Å²) in [6.07, 6.45) is 1.47. The minimum Gasteiger partial charge on any atom is -0.493 e. The van der Waals surface area contributed by atoms with E-state index in [2.05, 4.69) is 21.6 Å². The SMILES string of the molecule is COc1cc(C2C(C#N)=C(N)N(c3nnc(SCC(=O)Nc4ccccc4C#N)s3)C3=C2C(=O)CCC3)cc(OC)c1OC. The van der Waals surface area contributed by atoms with Crippen molar-refractivity contribution in [2.24, 2.45) is 5.73 Å². The fourth-order valence-corrected chi connectivity index (χ4v) is 6.94. The number of thioether (sulfide) groups is 1. The normalized spacial score (nSPS) is 16.2. The lowest BCUT2D eigenvalue weighted by Gasteiger charge is -2.38. The van der Waals surface area contributed by atoms with E-state index in [9.17, 15) is 20.1 Å². The van der Waals surface area contributed by atoms with Crippen molar-refractivity contribution in [3.8, 4) is 29.4 Å². The average Bonchev–Trinajstić information content (AvgIpc) is 3.51. The highest BCUT2D eigenvalue weighted by atomic mass is 32.2. The summed E-state index contributed by atoms with van der Waals surface area (Å²) in [5.41, 5.74) is 9.34. The molecule has 5 rings (SSSR count). The molecule has 3 N–H and O–H groups in total. The summed E-state index contributed by atoms with van der Waals surface area (Å²) in [5.74, 6) is 0.162. The molecule has 224 valence electrons.